The molecule has 0 aliphatic carbocycles. The molecule has 3 nitrogen and oxygen atoms in total. The van der Waals surface area contributed by atoms with Crippen molar-refractivity contribution < 1.29 is 9.47 Å². The topological polar surface area (TPSA) is 30.5 Å². The molecule has 2 rings (SSSR count). The highest BCUT2D eigenvalue weighted by molar-refractivity contribution is 9.10. The van der Waals surface area contributed by atoms with E-state index >= 15 is 0 Å². The summed E-state index contributed by atoms with van der Waals surface area (Å²) >= 11 is 3.48. The molecule has 0 amide bonds. The second-order valence-corrected chi connectivity index (χ2v) is 5.31. The van der Waals surface area contributed by atoms with Crippen molar-refractivity contribution in [3.05, 3.63) is 22.7 Å². The SMILES string of the molecule is COc1ccc(Br)cc1NC1CCOC(C)C1. The molecule has 1 aliphatic rings. The summed E-state index contributed by atoms with van der Waals surface area (Å²) in [7, 11) is 1.70. The first-order valence-electron chi connectivity index (χ1n) is 5.90. The van der Waals surface area contributed by atoms with Crippen LogP contribution >= 0.6 is 15.9 Å². The molecule has 2 atom stereocenters. The van der Waals surface area contributed by atoms with Crippen molar-refractivity contribution in [3.8, 4) is 5.75 Å². The van der Waals surface area contributed by atoms with Crippen LogP contribution in [0.5, 0.6) is 5.75 Å². The maximum Gasteiger partial charge on any atom is 0.142 e. The molecule has 1 N–H and O–H groups in total. The van der Waals surface area contributed by atoms with Crippen LogP contribution in [0.2, 0.25) is 0 Å². The summed E-state index contributed by atoms with van der Waals surface area (Å²) in [5.41, 5.74) is 1.04. The number of nitrogens with one attached hydrogen (secondary N) is 1. The Balaban J connectivity index is 2.08. The number of benzene rings is 1. The minimum Gasteiger partial charge on any atom is -0.495 e. The van der Waals surface area contributed by atoms with Gasteiger partial charge in [0.15, 0.2) is 0 Å². The summed E-state index contributed by atoms with van der Waals surface area (Å²) in [6.45, 7) is 2.95. The van der Waals surface area contributed by atoms with Gasteiger partial charge in [-0.05, 0) is 38.0 Å². The second-order valence-electron chi connectivity index (χ2n) is 4.39. The van der Waals surface area contributed by atoms with Crippen molar-refractivity contribution in [2.75, 3.05) is 19.0 Å². The molecule has 0 radical (unpaired) electrons. The van der Waals surface area contributed by atoms with Crippen LogP contribution in [0.15, 0.2) is 22.7 Å². The van der Waals surface area contributed by atoms with Crippen molar-refractivity contribution in [3.63, 3.8) is 0 Å². The van der Waals surface area contributed by atoms with Crippen LogP contribution in [0.1, 0.15) is 19.8 Å². The lowest BCUT2D eigenvalue weighted by atomic mass is 10.0. The van der Waals surface area contributed by atoms with E-state index in [-0.39, 0.29) is 0 Å². The van der Waals surface area contributed by atoms with Gasteiger partial charge in [-0.15, -0.1) is 0 Å². The molecule has 1 aliphatic heterocycles. The Morgan fingerprint density at radius 1 is 1.47 bits per heavy atom. The van der Waals surface area contributed by atoms with Gasteiger partial charge in [-0.3, -0.25) is 0 Å². The molecule has 1 aromatic carbocycles. The highest BCUT2D eigenvalue weighted by atomic mass is 79.9. The molecule has 4 heteroatoms. The van der Waals surface area contributed by atoms with Gasteiger partial charge in [0.25, 0.3) is 0 Å². The second kappa shape index (κ2) is 5.74. The Kier molecular flexibility index (Phi) is 4.29. The van der Waals surface area contributed by atoms with Crippen LogP contribution in [-0.4, -0.2) is 25.9 Å². The lowest BCUT2D eigenvalue weighted by Crippen LogP contribution is -2.32. The van der Waals surface area contributed by atoms with Crippen LogP contribution < -0.4 is 10.1 Å². The lowest BCUT2D eigenvalue weighted by Gasteiger charge is -2.29. The van der Waals surface area contributed by atoms with Crippen molar-refractivity contribution >= 4 is 21.6 Å². The highest BCUT2D eigenvalue weighted by Gasteiger charge is 2.20. The van der Waals surface area contributed by atoms with E-state index in [0.717, 1.165) is 35.4 Å². The van der Waals surface area contributed by atoms with Crippen LogP contribution in [0, 0.1) is 0 Å². The summed E-state index contributed by atoms with van der Waals surface area (Å²) in [6.07, 6.45) is 2.41. The third-order valence-corrected chi connectivity index (χ3v) is 3.50. The lowest BCUT2D eigenvalue weighted by molar-refractivity contribution is 0.0232. The summed E-state index contributed by atoms with van der Waals surface area (Å²) in [4.78, 5) is 0. The number of anilines is 1. The van der Waals surface area contributed by atoms with E-state index in [1.165, 1.54) is 0 Å². The quantitative estimate of drug-likeness (QED) is 0.927. The average molecular weight is 300 g/mol. The Morgan fingerprint density at radius 3 is 3.00 bits per heavy atom. The Labute approximate surface area is 111 Å². The predicted molar refractivity (Wildman–Crippen MR) is 72.8 cm³/mol. The van der Waals surface area contributed by atoms with E-state index < -0.39 is 0 Å². The normalized spacial score (nSPS) is 24.4. The summed E-state index contributed by atoms with van der Waals surface area (Å²) in [5.74, 6) is 0.882. The number of halogens is 1. The van der Waals surface area contributed by atoms with E-state index in [1.54, 1.807) is 7.11 Å². The zero-order chi connectivity index (χ0) is 12.3. The van der Waals surface area contributed by atoms with Gasteiger partial charge in [0.2, 0.25) is 0 Å². The first-order valence-corrected chi connectivity index (χ1v) is 6.70. The Morgan fingerprint density at radius 2 is 2.29 bits per heavy atom. The fourth-order valence-corrected chi connectivity index (χ4v) is 2.50. The molecule has 0 saturated carbocycles. The molecular weight excluding hydrogens is 282 g/mol. The summed E-state index contributed by atoms with van der Waals surface area (Å²) in [6, 6.07) is 6.46. The van der Waals surface area contributed by atoms with Crippen molar-refractivity contribution in [2.45, 2.75) is 31.9 Å². The van der Waals surface area contributed by atoms with Gasteiger partial charge >= 0.3 is 0 Å². The molecule has 17 heavy (non-hydrogen) atoms. The van der Waals surface area contributed by atoms with Gasteiger partial charge < -0.3 is 14.8 Å². The minimum atomic E-state index is 0.333. The predicted octanol–water partition coefficient (Wildman–Crippen LogP) is 3.44. The fourth-order valence-electron chi connectivity index (χ4n) is 2.14. The molecule has 94 valence electrons. The molecule has 1 fully saturated rings. The van der Waals surface area contributed by atoms with Gasteiger partial charge in [0.05, 0.1) is 18.9 Å². The molecule has 0 spiro atoms. The number of ether oxygens (including phenoxy) is 2. The average Bonchev–Trinajstić information content (AvgIpc) is 2.29. The van der Waals surface area contributed by atoms with Gasteiger partial charge in [-0.2, -0.15) is 0 Å². The van der Waals surface area contributed by atoms with E-state index in [4.69, 9.17) is 9.47 Å². The largest absolute Gasteiger partial charge is 0.495 e. The van der Waals surface area contributed by atoms with Crippen molar-refractivity contribution in [2.24, 2.45) is 0 Å². The summed E-state index contributed by atoms with van der Waals surface area (Å²) < 4.78 is 12.0. The van der Waals surface area contributed by atoms with E-state index in [0.29, 0.717) is 12.1 Å². The monoisotopic (exact) mass is 299 g/mol. The van der Waals surface area contributed by atoms with Crippen LogP contribution in [0.4, 0.5) is 5.69 Å². The van der Waals surface area contributed by atoms with Crippen LogP contribution in [0.25, 0.3) is 0 Å². The first kappa shape index (κ1) is 12.7. The third kappa shape index (κ3) is 3.36. The maximum absolute atomic E-state index is 5.55. The van der Waals surface area contributed by atoms with Crippen LogP contribution in [-0.2, 0) is 4.74 Å². The molecule has 2 unspecified atom stereocenters. The fraction of sp³-hybridized carbons (Fsp3) is 0.538. The third-order valence-electron chi connectivity index (χ3n) is 3.01. The van der Waals surface area contributed by atoms with Gasteiger partial charge in [-0.1, -0.05) is 15.9 Å². The van der Waals surface area contributed by atoms with Crippen molar-refractivity contribution in [1.82, 2.24) is 0 Å². The van der Waals surface area contributed by atoms with Crippen LogP contribution in [0.3, 0.4) is 0 Å². The molecule has 0 aromatic heterocycles. The van der Waals surface area contributed by atoms with Gasteiger partial charge in [0.1, 0.15) is 5.75 Å². The first-order chi connectivity index (χ1) is 8.19. The molecule has 0 bridgehead atoms. The molecule has 1 heterocycles. The standard InChI is InChI=1S/C13H18BrNO2/c1-9-7-11(5-6-17-9)15-12-8-10(14)3-4-13(12)16-2/h3-4,8-9,11,15H,5-7H2,1-2H3. The zero-order valence-corrected chi connectivity index (χ0v) is 11.8. The van der Waals surface area contributed by atoms with E-state index in [1.807, 2.05) is 12.1 Å². The summed E-state index contributed by atoms with van der Waals surface area (Å²) in [5, 5.41) is 3.54. The molecule has 1 saturated heterocycles. The van der Waals surface area contributed by atoms with Gasteiger partial charge in [0, 0.05) is 17.1 Å². The number of rotatable bonds is 3. The molecule has 1 aromatic rings. The van der Waals surface area contributed by atoms with E-state index in [2.05, 4.69) is 34.2 Å². The Hall–Kier alpha value is -0.740. The number of methoxy groups -OCH3 is 1. The maximum atomic E-state index is 5.55. The highest BCUT2D eigenvalue weighted by Crippen LogP contribution is 2.30. The zero-order valence-electron chi connectivity index (χ0n) is 10.2. The Bertz CT molecular complexity index is 384. The van der Waals surface area contributed by atoms with Gasteiger partial charge in [-0.25, -0.2) is 0 Å². The number of hydrogen-bond acceptors (Lipinski definition) is 3. The minimum absolute atomic E-state index is 0.333. The number of hydrogen-bond donors (Lipinski definition) is 1. The smallest absolute Gasteiger partial charge is 0.142 e. The van der Waals surface area contributed by atoms with Crippen molar-refractivity contribution in [1.29, 1.82) is 0 Å². The van der Waals surface area contributed by atoms with E-state index in [9.17, 15) is 0 Å². The molecular formula is C13H18BrNO2.